The zero-order chi connectivity index (χ0) is 10.7. The predicted molar refractivity (Wildman–Crippen MR) is 51.8 cm³/mol. The lowest BCUT2D eigenvalue weighted by molar-refractivity contribution is -0.143. The molecule has 1 N–H and O–H groups in total. The summed E-state index contributed by atoms with van der Waals surface area (Å²) >= 11 is 0. The first-order chi connectivity index (χ1) is 6.52. The van der Waals surface area contributed by atoms with E-state index in [2.05, 4.69) is 0 Å². The number of alkyl halides is 1. The lowest BCUT2D eigenvalue weighted by Gasteiger charge is -2.12. The van der Waals surface area contributed by atoms with E-state index in [1.807, 2.05) is 6.92 Å². The van der Waals surface area contributed by atoms with E-state index in [0.29, 0.717) is 5.56 Å². The first-order valence-corrected chi connectivity index (χ1v) is 4.46. The predicted octanol–water partition coefficient (Wildman–Crippen LogP) is 2.73. The maximum Gasteiger partial charge on any atom is 0.309 e. The Hall–Kier alpha value is -1.38. The first kappa shape index (κ1) is 10.7. The van der Waals surface area contributed by atoms with Crippen molar-refractivity contribution in [3.63, 3.8) is 0 Å². The smallest absolute Gasteiger partial charge is 0.309 e. The largest absolute Gasteiger partial charge is 0.481 e. The average molecular weight is 196 g/mol. The fraction of sp³-hybridized carbons (Fsp3) is 0.364. The average Bonchev–Trinajstić information content (AvgIpc) is 2.16. The highest BCUT2D eigenvalue weighted by Gasteiger charge is 2.24. The fourth-order valence-corrected chi connectivity index (χ4v) is 1.16. The summed E-state index contributed by atoms with van der Waals surface area (Å²) in [4.78, 5) is 10.5. The monoisotopic (exact) mass is 196 g/mol. The lowest BCUT2D eigenvalue weighted by atomic mass is 9.98. The maximum absolute atomic E-state index is 13.5. The Bertz CT molecular complexity index is 319. The van der Waals surface area contributed by atoms with Crippen LogP contribution < -0.4 is 0 Å². The molecule has 2 nitrogen and oxygen atoms in total. The van der Waals surface area contributed by atoms with E-state index in [9.17, 15) is 9.18 Å². The van der Waals surface area contributed by atoms with Crippen molar-refractivity contribution in [1.82, 2.24) is 0 Å². The van der Waals surface area contributed by atoms with Crippen LogP contribution in [0.3, 0.4) is 0 Å². The van der Waals surface area contributed by atoms with Gasteiger partial charge in [-0.15, -0.1) is 0 Å². The van der Waals surface area contributed by atoms with Gasteiger partial charge < -0.3 is 5.11 Å². The third-order valence-electron chi connectivity index (χ3n) is 2.22. The normalized spacial score (nSPS) is 14.8. The van der Waals surface area contributed by atoms with Gasteiger partial charge in [0.2, 0.25) is 0 Å². The molecule has 0 radical (unpaired) electrons. The highest BCUT2D eigenvalue weighted by Crippen LogP contribution is 2.26. The van der Waals surface area contributed by atoms with Crippen LogP contribution in [0.1, 0.15) is 24.2 Å². The van der Waals surface area contributed by atoms with Crippen molar-refractivity contribution in [3.8, 4) is 0 Å². The molecule has 2 unspecified atom stereocenters. The van der Waals surface area contributed by atoms with Crippen LogP contribution in [0.4, 0.5) is 4.39 Å². The summed E-state index contributed by atoms with van der Waals surface area (Å²) in [5.41, 5.74) is 1.45. The molecule has 0 fully saturated rings. The Kier molecular flexibility index (Phi) is 3.23. The second kappa shape index (κ2) is 4.22. The van der Waals surface area contributed by atoms with E-state index >= 15 is 0 Å². The van der Waals surface area contributed by atoms with Crippen molar-refractivity contribution in [2.75, 3.05) is 0 Å². The van der Waals surface area contributed by atoms with Crippen LogP contribution in [0.5, 0.6) is 0 Å². The minimum Gasteiger partial charge on any atom is -0.481 e. The molecule has 0 bridgehead atoms. The zero-order valence-corrected chi connectivity index (χ0v) is 8.20. The number of halogens is 1. The molecule has 1 aromatic carbocycles. The molecular formula is C11H13FO2. The van der Waals surface area contributed by atoms with Crippen LogP contribution in [-0.4, -0.2) is 11.1 Å². The number of aliphatic carboxylic acids is 1. The molecule has 0 saturated carbocycles. The zero-order valence-electron chi connectivity index (χ0n) is 8.20. The number of rotatable bonds is 3. The fourth-order valence-electron chi connectivity index (χ4n) is 1.16. The van der Waals surface area contributed by atoms with E-state index in [1.54, 1.807) is 24.3 Å². The number of carbonyl (C=O) groups is 1. The number of hydrogen-bond acceptors (Lipinski definition) is 1. The highest BCUT2D eigenvalue weighted by molar-refractivity contribution is 5.70. The number of benzene rings is 1. The Morgan fingerprint density at radius 2 is 1.86 bits per heavy atom. The molecule has 14 heavy (non-hydrogen) atoms. The van der Waals surface area contributed by atoms with Crippen molar-refractivity contribution in [3.05, 3.63) is 35.4 Å². The first-order valence-electron chi connectivity index (χ1n) is 4.46. The summed E-state index contributed by atoms with van der Waals surface area (Å²) in [6.45, 7) is 3.27. The Balaban J connectivity index is 2.84. The van der Waals surface area contributed by atoms with E-state index in [-0.39, 0.29) is 0 Å². The van der Waals surface area contributed by atoms with Gasteiger partial charge in [-0.1, -0.05) is 29.8 Å². The van der Waals surface area contributed by atoms with Crippen LogP contribution >= 0.6 is 0 Å². The van der Waals surface area contributed by atoms with Crippen molar-refractivity contribution in [1.29, 1.82) is 0 Å². The standard InChI is InChI=1S/C11H13FO2/c1-7-3-5-9(6-4-7)10(12)8(2)11(13)14/h3-6,8,10H,1-2H3,(H,13,14). The molecule has 0 aliphatic rings. The van der Waals surface area contributed by atoms with Gasteiger partial charge in [0, 0.05) is 0 Å². The van der Waals surface area contributed by atoms with Gasteiger partial charge >= 0.3 is 5.97 Å². The van der Waals surface area contributed by atoms with Crippen LogP contribution in [0, 0.1) is 12.8 Å². The van der Waals surface area contributed by atoms with E-state index in [0.717, 1.165) is 5.56 Å². The van der Waals surface area contributed by atoms with Gasteiger partial charge in [0.15, 0.2) is 0 Å². The van der Waals surface area contributed by atoms with Gasteiger partial charge in [0.1, 0.15) is 6.17 Å². The Labute approximate surface area is 82.4 Å². The molecule has 0 aliphatic carbocycles. The quantitative estimate of drug-likeness (QED) is 0.807. The summed E-state index contributed by atoms with van der Waals surface area (Å²) in [7, 11) is 0. The molecule has 0 aliphatic heterocycles. The van der Waals surface area contributed by atoms with Crippen molar-refractivity contribution < 1.29 is 14.3 Å². The lowest BCUT2D eigenvalue weighted by Crippen LogP contribution is -2.15. The Morgan fingerprint density at radius 1 is 1.36 bits per heavy atom. The van der Waals surface area contributed by atoms with Crippen LogP contribution in [0.15, 0.2) is 24.3 Å². The number of carboxylic acids is 1. The molecule has 0 aromatic heterocycles. The number of aryl methyl sites for hydroxylation is 1. The van der Waals surface area contributed by atoms with E-state index in [1.165, 1.54) is 6.92 Å². The molecule has 2 atom stereocenters. The molecule has 0 amide bonds. The minimum atomic E-state index is -1.44. The molecular weight excluding hydrogens is 183 g/mol. The van der Waals surface area contributed by atoms with E-state index < -0.39 is 18.1 Å². The van der Waals surface area contributed by atoms with Crippen molar-refractivity contribution in [2.45, 2.75) is 20.0 Å². The van der Waals surface area contributed by atoms with Crippen LogP contribution in [0.2, 0.25) is 0 Å². The summed E-state index contributed by atoms with van der Waals surface area (Å²) < 4.78 is 13.5. The minimum absolute atomic E-state index is 0.422. The van der Waals surface area contributed by atoms with Gasteiger partial charge in [0.25, 0.3) is 0 Å². The summed E-state index contributed by atoms with van der Waals surface area (Å²) in [5.74, 6) is -2.12. The molecule has 0 spiro atoms. The number of hydrogen-bond donors (Lipinski definition) is 1. The molecule has 76 valence electrons. The number of carboxylic acid groups (broad SMARTS) is 1. The topological polar surface area (TPSA) is 37.3 Å². The molecule has 3 heteroatoms. The summed E-state index contributed by atoms with van der Waals surface area (Å²) in [6.07, 6.45) is -1.44. The second-order valence-electron chi connectivity index (χ2n) is 3.44. The van der Waals surface area contributed by atoms with Crippen molar-refractivity contribution >= 4 is 5.97 Å². The van der Waals surface area contributed by atoms with Crippen molar-refractivity contribution in [2.24, 2.45) is 5.92 Å². The van der Waals surface area contributed by atoms with Crippen LogP contribution in [0.25, 0.3) is 0 Å². The van der Waals surface area contributed by atoms with E-state index in [4.69, 9.17) is 5.11 Å². The van der Waals surface area contributed by atoms with Gasteiger partial charge in [-0.05, 0) is 19.4 Å². The molecule has 1 rings (SSSR count). The molecule has 0 saturated heterocycles. The van der Waals surface area contributed by atoms with Gasteiger partial charge in [-0.2, -0.15) is 0 Å². The second-order valence-corrected chi connectivity index (χ2v) is 3.44. The summed E-state index contributed by atoms with van der Waals surface area (Å²) in [5, 5.41) is 8.63. The van der Waals surface area contributed by atoms with Gasteiger partial charge in [-0.3, -0.25) is 4.79 Å². The third kappa shape index (κ3) is 2.31. The maximum atomic E-state index is 13.5. The highest BCUT2D eigenvalue weighted by atomic mass is 19.1. The molecule has 1 aromatic rings. The third-order valence-corrected chi connectivity index (χ3v) is 2.22. The molecule has 0 heterocycles. The Morgan fingerprint density at radius 3 is 2.29 bits per heavy atom. The SMILES string of the molecule is Cc1ccc(C(F)C(C)C(=O)O)cc1. The van der Waals surface area contributed by atoms with Gasteiger partial charge in [-0.25, -0.2) is 4.39 Å². The van der Waals surface area contributed by atoms with Crippen LogP contribution in [-0.2, 0) is 4.79 Å². The summed E-state index contributed by atoms with van der Waals surface area (Å²) in [6, 6.07) is 6.80. The van der Waals surface area contributed by atoms with Gasteiger partial charge in [0.05, 0.1) is 5.92 Å².